The summed E-state index contributed by atoms with van der Waals surface area (Å²) in [7, 11) is 0. The molecule has 5 heteroatoms. The molecule has 0 saturated carbocycles. The van der Waals surface area contributed by atoms with Gasteiger partial charge < -0.3 is 0 Å². The van der Waals surface area contributed by atoms with Gasteiger partial charge in [0.05, 0.1) is 10.5 Å². The Bertz CT molecular complexity index is 660. The zero-order chi connectivity index (χ0) is 10.4. The number of halogens is 2. The summed E-state index contributed by atoms with van der Waals surface area (Å²) < 4.78 is 1.65. The first-order valence-electron chi connectivity index (χ1n) is 4.35. The summed E-state index contributed by atoms with van der Waals surface area (Å²) in [5, 5.41) is 9.80. The van der Waals surface area contributed by atoms with Gasteiger partial charge in [0.2, 0.25) is 0 Å². The van der Waals surface area contributed by atoms with E-state index in [1.165, 1.54) is 0 Å². The van der Waals surface area contributed by atoms with E-state index in [0.717, 1.165) is 16.4 Å². The van der Waals surface area contributed by atoms with E-state index in [1.807, 2.05) is 30.3 Å². The van der Waals surface area contributed by atoms with Crippen molar-refractivity contribution >= 4 is 39.6 Å². The van der Waals surface area contributed by atoms with Crippen molar-refractivity contribution in [3.63, 3.8) is 0 Å². The average molecular weight is 238 g/mol. The van der Waals surface area contributed by atoms with E-state index < -0.39 is 0 Å². The van der Waals surface area contributed by atoms with E-state index >= 15 is 0 Å². The molecule has 0 saturated heterocycles. The average Bonchev–Trinajstić information content (AvgIpc) is 2.61. The standard InChI is InChI=1S/C10H5Cl2N3/c11-7-3-1-2-6-4-5-8-10(12)13-14-15(8)9(6)7/h1-5H. The molecule has 0 bridgehead atoms. The Morgan fingerprint density at radius 1 is 1.07 bits per heavy atom. The Kier molecular flexibility index (Phi) is 1.84. The molecule has 0 aliphatic heterocycles. The van der Waals surface area contributed by atoms with Crippen LogP contribution in [0.5, 0.6) is 0 Å². The van der Waals surface area contributed by atoms with Crippen LogP contribution in [0.2, 0.25) is 10.2 Å². The third-order valence-electron chi connectivity index (χ3n) is 2.31. The lowest BCUT2D eigenvalue weighted by atomic mass is 10.2. The lowest BCUT2D eigenvalue weighted by Gasteiger charge is -2.01. The van der Waals surface area contributed by atoms with E-state index in [9.17, 15) is 0 Å². The highest BCUT2D eigenvalue weighted by molar-refractivity contribution is 6.35. The molecular formula is C10H5Cl2N3. The summed E-state index contributed by atoms with van der Waals surface area (Å²) >= 11 is 12.0. The third kappa shape index (κ3) is 1.20. The molecule has 3 nitrogen and oxygen atoms in total. The van der Waals surface area contributed by atoms with E-state index in [1.54, 1.807) is 4.52 Å². The van der Waals surface area contributed by atoms with E-state index in [2.05, 4.69) is 10.3 Å². The van der Waals surface area contributed by atoms with E-state index in [-0.39, 0.29) is 0 Å². The molecule has 0 N–H and O–H groups in total. The van der Waals surface area contributed by atoms with Crippen LogP contribution in [-0.2, 0) is 0 Å². The third-order valence-corrected chi connectivity index (χ3v) is 2.89. The monoisotopic (exact) mass is 237 g/mol. The second-order valence-electron chi connectivity index (χ2n) is 3.19. The van der Waals surface area contributed by atoms with Crippen LogP contribution in [0.4, 0.5) is 0 Å². The maximum absolute atomic E-state index is 6.11. The molecule has 0 aliphatic rings. The van der Waals surface area contributed by atoms with Crippen molar-refractivity contribution in [2.75, 3.05) is 0 Å². The topological polar surface area (TPSA) is 30.2 Å². The van der Waals surface area contributed by atoms with Gasteiger partial charge in [0, 0.05) is 5.39 Å². The molecule has 3 aromatic rings. The summed E-state index contributed by atoms with van der Waals surface area (Å²) in [6, 6.07) is 9.51. The lowest BCUT2D eigenvalue weighted by Crippen LogP contribution is -1.90. The van der Waals surface area contributed by atoms with E-state index in [4.69, 9.17) is 23.2 Å². The Labute approximate surface area is 95.2 Å². The highest BCUT2D eigenvalue weighted by atomic mass is 35.5. The zero-order valence-corrected chi connectivity index (χ0v) is 9.00. The normalized spacial score (nSPS) is 11.3. The Hall–Kier alpha value is -1.32. The highest BCUT2D eigenvalue weighted by Crippen LogP contribution is 2.25. The number of nitrogens with zero attached hydrogens (tertiary/aromatic N) is 3. The number of fused-ring (bicyclic) bond motifs is 3. The van der Waals surface area contributed by atoms with Gasteiger partial charge in [-0.2, -0.15) is 0 Å². The molecule has 0 spiro atoms. The summed E-state index contributed by atoms with van der Waals surface area (Å²) in [6.45, 7) is 0. The fraction of sp³-hybridized carbons (Fsp3) is 0. The zero-order valence-electron chi connectivity index (χ0n) is 7.48. The van der Waals surface area contributed by atoms with Crippen molar-refractivity contribution < 1.29 is 0 Å². The molecule has 0 fully saturated rings. The fourth-order valence-corrected chi connectivity index (χ4v) is 2.07. The van der Waals surface area contributed by atoms with Crippen molar-refractivity contribution in [1.29, 1.82) is 0 Å². The number of pyridine rings is 1. The van der Waals surface area contributed by atoms with Crippen LogP contribution in [0.1, 0.15) is 0 Å². The molecule has 0 unspecified atom stereocenters. The second-order valence-corrected chi connectivity index (χ2v) is 3.95. The molecule has 0 atom stereocenters. The van der Waals surface area contributed by atoms with Crippen LogP contribution >= 0.6 is 23.2 Å². The molecule has 2 aromatic heterocycles. The Morgan fingerprint density at radius 3 is 2.80 bits per heavy atom. The lowest BCUT2D eigenvalue weighted by molar-refractivity contribution is 0.882. The number of benzene rings is 1. The molecular weight excluding hydrogens is 233 g/mol. The van der Waals surface area contributed by atoms with Gasteiger partial charge in [0.25, 0.3) is 0 Å². The highest BCUT2D eigenvalue weighted by Gasteiger charge is 2.08. The van der Waals surface area contributed by atoms with Gasteiger partial charge >= 0.3 is 0 Å². The minimum Gasteiger partial charge on any atom is -0.210 e. The largest absolute Gasteiger partial charge is 0.210 e. The predicted octanol–water partition coefficient (Wildman–Crippen LogP) is 3.19. The van der Waals surface area contributed by atoms with E-state index in [0.29, 0.717) is 10.2 Å². The van der Waals surface area contributed by atoms with Crippen molar-refractivity contribution in [1.82, 2.24) is 14.8 Å². The molecule has 15 heavy (non-hydrogen) atoms. The number of hydrogen-bond acceptors (Lipinski definition) is 2. The Balaban J connectivity index is 2.64. The van der Waals surface area contributed by atoms with Crippen LogP contribution in [0, 0.1) is 0 Å². The van der Waals surface area contributed by atoms with Crippen LogP contribution < -0.4 is 0 Å². The molecule has 2 heterocycles. The summed E-state index contributed by atoms with van der Waals surface area (Å²) in [5.74, 6) is 0. The van der Waals surface area contributed by atoms with Gasteiger partial charge in [-0.1, -0.05) is 46.6 Å². The van der Waals surface area contributed by atoms with Gasteiger partial charge in [0.15, 0.2) is 5.15 Å². The summed E-state index contributed by atoms with van der Waals surface area (Å²) in [6.07, 6.45) is 0. The predicted molar refractivity (Wildman–Crippen MR) is 60.5 cm³/mol. The first-order valence-corrected chi connectivity index (χ1v) is 5.11. The summed E-state index contributed by atoms with van der Waals surface area (Å²) in [4.78, 5) is 0. The van der Waals surface area contributed by atoms with Crippen molar-refractivity contribution in [2.45, 2.75) is 0 Å². The van der Waals surface area contributed by atoms with Gasteiger partial charge in [0.1, 0.15) is 5.52 Å². The van der Waals surface area contributed by atoms with Crippen molar-refractivity contribution in [3.05, 3.63) is 40.5 Å². The minimum absolute atomic E-state index is 0.386. The molecule has 0 amide bonds. The second kappa shape index (κ2) is 3.08. The summed E-state index contributed by atoms with van der Waals surface area (Å²) in [5.41, 5.74) is 1.59. The number of rotatable bonds is 0. The smallest absolute Gasteiger partial charge is 0.179 e. The quantitative estimate of drug-likeness (QED) is 0.602. The molecule has 1 aromatic carbocycles. The van der Waals surface area contributed by atoms with Gasteiger partial charge in [-0.3, -0.25) is 0 Å². The Morgan fingerprint density at radius 2 is 1.93 bits per heavy atom. The van der Waals surface area contributed by atoms with Crippen LogP contribution in [0.15, 0.2) is 30.3 Å². The SMILES string of the molecule is Clc1nnn2c1ccc1cccc(Cl)c12. The van der Waals surface area contributed by atoms with Gasteiger partial charge in [-0.05, 0) is 12.1 Å². The van der Waals surface area contributed by atoms with Crippen LogP contribution in [-0.4, -0.2) is 14.8 Å². The van der Waals surface area contributed by atoms with Crippen LogP contribution in [0.25, 0.3) is 16.4 Å². The van der Waals surface area contributed by atoms with Gasteiger partial charge in [-0.15, -0.1) is 5.10 Å². The maximum atomic E-state index is 6.11. The molecule has 3 rings (SSSR count). The number of para-hydroxylation sites is 1. The van der Waals surface area contributed by atoms with Gasteiger partial charge in [-0.25, -0.2) is 4.52 Å². The maximum Gasteiger partial charge on any atom is 0.179 e. The number of hydrogen-bond donors (Lipinski definition) is 0. The molecule has 0 radical (unpaired) electrons. The van der Waals surface area contributed by atoms with Crippen molar-refractivity contribution in [2.24, 2.45) is 0 Å². The van der Waals surface area contributed by atoms with Crippen molar-refractivity contribution in [3.8, 4) is 0 Å². The van der Waals surface area contributed by atoms with Crippen LogP contribution in [0.3, 0.4) is 0 Å². The first kappa shape index (κ1) is 8.95. The number of aromatic nitrogens is 3. The molecule has 0 aliphatic carbocycles. The first-order chi connectivity index (χ1) is 7.27. The molecule has 74 valence electrons. The fourth-order valence-electron chi connectivity index (χ4n) is 1.63. The minimum atomic E-state index is 0.386.